The number of carbonyl (C=O) groups is 1. The molecule has 0 radical (unpaired) electrons. The van der Waals surface area contributed by atoms with Gasteiger partial charge in [0.25, 0.3) is 0 Å². The molecule has 0 bridgehead atoms. The molecular weight excluding hydrogens is 412 g/mol. The molecule has 0 aliphatic carbocycles. The highest BCUT2D eigenvalue weighted by atomic mass is 32.2. The van der Waals surface area contributed by atoms with E-state index in [1.165, 1.54) is 11.8 Å². The Morgan fingerprint density at radius 1 is 1.03 bits per heavy atom. The molecule has 1 aliphatic heterocycles. The number of rotatable bonds is 8. The molecule has 8 nitrogen and oxygen atoms in total. The second-order valence-electron chi connectivity index (χ2n) is 7.33. The van der Waals surface area contributed by atoms with Gasteiger partial charge < -0.3 is 9.64 Å². The van der Waals surface area contributed by atoms with Crippen LogP contribution in [0.3, 0.4) is 0 Å². The quantitative estimate of drug-likeness (QED) is 0.500. The molecule has 1 saturated heterocycles. The molecule has 4 rings (SSSR count). The van der Waals surface area contributed by atoms with E-state index in [-0.39, 0.29) is 5.91 Å². The van der Waals surface area contributed by atoms with Gasteiger partial charge in [0.1, 0.15) is 12.4 Å². The number of piperazine rings is 1. The summed E-state index contributed by atoms with van der Waals surface area (Å²) in [4.78, 5) is 16.9. The van der Waals surface area contributed by atoms with Crippen molar-refractivity contribution in [3.8, 4) is 11.4 Å². The van der Waals surface area contributed by atoms with Crippen molar-refractivity contribution >= 4 is 17.7 Å². The molecule has 9 heteroatoms. The Balaban J connectivity index is 1.21. The average molecular weight is 439 g/mol. The van der Waals surface area contributed by atoms with Crippen LogP contribution in [-0.2, 0) is 4.79 Å². The molecule has 31 heavy (non-hydrogen) atoms. The van der Waals surface area contributed by atoms with Crippen LogP contribution in [0.1, 0.15) is 5.56 Å². The number of para-hydroxylation sites is 2. The molecule has 0 spiro atoms. The van der Waals surface area contributed by atoms with Gasteiger partial charge in [0.2, 0.25) is 11.1 Å². The minimum atomic E-state index is 0.115. The standard InChI is InChI=1S/C22H26N6O2S/c1-18-7-5-6-10-20(18)28-22(23-24-25-28)31-17-21(29)27-13-11-26(12-14-27)15-16-30-19-8-3-2-4-9-19/h2-10H,11-17H2,1H3. The third kappa shape index (κ3) is 5.62. The predicted molar refractivity (Wildman–Crippen MR) is 120 cm³/mol. The fourth-order valence-electron chi connectivity index (χ4n) is 3.47. The molecule has 2 aromatic carbocycles. The number of benzene rings is 2. The van der Waals surface area contributed by atoms with E-state index in [1.807, 2.05) is 66.4 Å². The Kier molecular flexibility index (Phi) is 7.16. The van der Waals surface area contributed by atoms with E-state index in [9.17, 15) is 4.79 Å². The van der Waals surface area contributed by atoms with Gasteiger partial charge in [-0.3, -0.25) is 9.69 Å². The van der Waals surface area contributed by atoms with Crippen molar-refractivity contribution in [3.05, 3.63) is 60.2 Å². The van der Waals surface area contributed by atoms with Crippen LogP contribution in [0.15, 0.2) is 59.8 Å². The highest BCUT2D eigenvalue weighted by Gasteiger charge is 2.22. The van der Waals surface area contributed by atoms with Gasteiger partial charge in [0.05, 0.1) is 11.4 Å². The molecule has 1 aliphatic rings. The molecule has 3 aromatic rings. The number of hydrogen-bond donors (Lipinski definition) is 0. The fourth-order valence-corrected chi connectivity index (χ4v) is 4.26. The third-order valence-electron chi connectivity index (χ3n) is 5.25. The number of thioether (sulfide) groups is 1. The van der Waals surface area contributed by atoms with Gasteiger partial charge in [0, 0.05) is 32.7 Å². The second-order valence-corrected chi connectivity index (χ2v) is 8.27. The Hall–Kier alpha value is -2.91. The van der Waals surface area contributed by atoms with Gasteiger partial charge in [-0.2, -0.15) is 4.68 Å². The van der Waals surface area contributed by atoms with Crippen molar-refractivity contribution in [2.45, 2.75) is 12.1 Å². The first-order valence-corrected chi connectivity index (χ1v) is 11.3. The van der Waals surface area contributed by atoms with Crippen molar-refractivity contribution in [2.24, 2.45) is 0 Å². The van der Waals surface area contributed by atoms with Crippen molar-refractivity contribution in [1.82, 2.24) is 30.0 Å². The summed E-state index contributed by atoms with van der Waals surface area (Å²) < 4.78 is 7.46. The lowest BCUT2D eigenvalue weighted by Crippen LogP contribution is -2.50. The van der Waals surface area contributed by atoms with E-state index in [1.54, 1.807) is 4.68 Å². The number of hydrogen-bond acceptors (Lipinski definition) is 7. The van der Waals surface area contributed by atoms with Gasteiger partial charge in [-0.05, 0) is 41.1 Å². The van der Waals surface area contributed by atoms with E-state index in [2.05, 4.69) is 20.4 Å². The van der Waals surface area contributed by atoms with Gasteiger partial charge >= 0.3 is 0 Å². The fraction of sp³-hybridized carbons (Fsp3) is 0.364. The van der Waals surface area contributed by atoms with Crippen molar-refractivity contribution in [2.75, 3.05) is 45.1 Å². The first-order chi connectivity index (χ1) is 15.2. The molecular formula is C22H26N6O2S. The Labute approximate surface area is 186 Å². The van der Waals surface area contributed by atoms with Crippen LogP contribution < -0.4 is 4.74 Å². The minimum absolute atomic E-state index is 0.115. The minimum Gasteiger partial charge on any atom is -0.492 e. The SMILES string of the molecule is Cc1ccccc1-n1nnnc1SCC(=O)N1CCN(CCOc2ccccc2)CC1. The largest absolute Gasteiger partial charge is 0.492 e. The normalized spacial score (nSPS) is 14.5. The van der Waals surface area contributed by atoms with Crippen LogP contribution in [0.25, 0.3) is 5.69 Å². The van der Waals surface area contributed by atoms with Gasteiger partial charge in [-0.15, -0.1) is 5.10 Å². The van der Waals surface area contributed by atoms with Crippen molar-refractivity contribution in [3.63, 3.8) is 0 Å². The number of ether oxygens (including phenoxy) is 1. The van der Waals surface area contributed by atoms with Crippen LogP contribution >= 0.6 is 11.8 Å². The summed E-state index contributed by atoms with van der Waals surface area (Å²) >= 11 is 1.37. The maximum absolute atomic E-state index is 12.7. The van der Waals surface area contributed by atoms with Crippen molar-refractivity contribution in [1.29, 1.82) is 0 Å². The first kappa shape index (κ1) is 21.3. The lowest BCUT2D eigenvalue weighted by molar-refractivity contribution is -0.130. The zero-order chi connectivity index (χ0) is 21.5. The van der Waals surface area contributed by atoms with E-state index >= 15 is 0 Å². The van der Waals surface area contributed by atoms with Crippen molar-refractivity contribution < 1.29 is 9.53 Å². The number of aromatic nitrogens is 4. The first-order valence-electron chi connectivity index (χ1n) is 10.4. The number of aryl methyl sites for hydroxylation is 1. The van der Waals surface area contributed by atoms with Gasteiger partial charge in [-0.25, -0.2) is 0 Å². The van der Waals surface area contributed by atoms with E-state index in [0.29, 0.717) is 17.5 Å². The molecule has 1 aromatic heterocycles. The van der Waals surface area contributed by atoms with Crippen LogP contribution in [0, 0.1) is 6.92 Å². The number of carbonyl (C=O) groups excluding carboxylic acids is 1. The topological polar surface area (TPSA) is 76.4 Å². The summed E-state index contributed by atoms with van der Waals surface area (Å²) in [6.07, 6.45) is 0. The lowest BCUT2D eigenvalue weighted by atomic mass is 10.2. The summed E-state index contributed by atoms with van der Waals surface area (Å²) in [5.41, 5.74) is 2.00. The maximum Gasteiger partial charge on any atom is 0.233 e. The average Bonchev–Trinajstić information content (AvgIpc) is 3.27. The maximum atomic E-state index is 12.7. The molecule has 1 amide bonds. The highest BCUT2D eigenvalue weighted by molar-refractivity contribution is 7.99. The van der Waals surface area contributed by atoms with Gasteiger partial charge in [-0.1, -0.05) is 48.2 Å². The number of nitrogens with zero attached hydrogens (tertiary/aromatic N) is 6. The Morgan fingerprint density at radius 3 is 2.55 bits per heavy atom. The molecule has 0 saturated carbocycles. The number of tetrazole rings is 1. The Bertz CT molecular complexity index is 988. The predicted octanol–water partition coefficient (Wildman–Crippen LogP) is 2.29. The zero-order valence-corrected chi connectivity index (χ0v) is 18.4. The van der Waals surface area contributed by atoms with E-state index in [0.717, 1.165) is 49.7 Å². The van der Waals surface area contributed by atoms with Crippen LogP contribution in [-0.4, -0.2) is 81.0 Å². The highest BCUT2D eigenvalue weighted by Crippen LogP contribution is 2.21. The molecule has 0 N–H and O–H groups in total. The smallest absolute Gasteiger partial charge is 0.233 e. The second kappa shape index (κ2) is 10.4. The summed E-state index contributed by atoms with van der Waals surface area (Å²) in [6, 6.07) is 17.8. The summed E-state index contributed by atoms with van der Waals surface area (Å²) in [6.45, 7) is 6.69. The molecule has 0 atom stereocenters. The van der Waals surface area contributed by atoms with Gasteiger partial charge in [0.15, 0.2) is 0 Å². The molecule has 1 fully saturated rings. The summed E-state index contributed by atoms with van der Waals surface area (Å²) in [5.74, 6) is 1.33. The molecule has 162 valence electrons. The molecule has 0 unspecified atom stereocenters. The van der Waals surface area contributed by atoms with E-state index < -0.39 is 0 Å². The zero-order valence-electron chi connectivity index (χ0n) is 17.6. The van der Waals surface area contributed by atoms with Crippen LogP contribution in [0.4, 0.5) is 0 Å². The lowest BCUT2D eigenvalue weighted by Gasteiger charge is -2.34. The summed E-state index contributed by atoms with van der Waals surface area (Å²) in [5, 5.41) is 12.6. The monoisotopic (exact) mass is 438 g/mol. The Morgan fingerprint density at radius 2 is 1.77 bits per heavy atom. The van der Waals surface area contributed by atoms with E-state index in [4.69, 9.17) is 4.74 Å². The van der Waals surface area contributed by atoms with Crippen LogP contribution in [0.5, 0.6) is 5.75 Å². The van der Waals surface area contributed by atoms with Crippen LogP contribution in [0.2, 0.25) is 0 Å². The third-order valence-corrected chi connectivity index (χ3v) is 6.16. The molecule has 2 heterocycles. The summed E-state index contributed by atoms with van der Waals surface area (Å²) in [7, 11) is 0. The number of amides is 1.